The number of methoxy groups -OCH3 is 1. The van der Waals surface area contributed by atoms with Crippen molar-refractivity contribution in [1.29, 1.82) is 0 Å². The molecule has 3 heterocycles. The molecule has 0 unspecified atom stereocenters. The van der Waals surface area contributed by atoms with Gasteiger partial charge < -0.3 is 30.9 Å². The van der Waals surface area contributed by atoms with Gasteiger partial charge in [-0.3, -0.25) is 0 Å². The molecule has 11 heteroatoms. The molecule has 0 radical (unpaired) electrons. The first-order valence-corrected chi connectivity index (χ1v) is 14.4. The number of aliphatic imine (C=N–C) groups is 1. The van der Waals surface area contributed by atoms with Gasteiger partial charge >= 0.3 is 6.09 Å². The van der Waals surface area contributed by atoms with Gasteiger partial charge in [0.2, 0.25) is 5.88 Å². The Kier molecular flexibility index (Phi) is 8.16. The van der Waals surface area contributed by atoms with Gasteiger partial charge in [0.05, 0.1) is 35.8 Å². The number of nitrogens with one attached hydrogen (secondary N) is 2. The van der Waals surface area contributed by atoms with Gasteiger partial charge in [0.15, 0.2) is 0 Å². The Labute approximate surface area is 251 Å². The minimum atomic E-state index is -0.556. The number of hydrogen-bond donors (Lipinski definition) is 4. The second-order valence-corrected chi connectivity index (χ2v) is 11.9. The number of fused-ring (bicyclic) bond motifs is 1. The van der Waals surface area contributed by atoms with E-state index in [4.69, 9.17) is 20.2 Å². The van der Waals surface area contributed by atoms with Gasteiger partial charge in [-0.05, 0) is 82.3 Å². The molecular formula is C32H39N7O4. The highest BCUT2D eigenvalue weighted by molar-refractivity contribution is 6.06. The molecule has 1 aromatic carbocycles. The molecule has 11 nitrogen and oxygen atoms in total. The van der Waals surface area contributed by atoms with E-state index in [1.807, 2.05) is 51.4 Å². The number of nitrogens with two attached hydrogens (primary N) is 1. The summed E-state index contributed by atoms with van der Waals surface area (Å²) in [5.41, 5.74) is 12.9. The van der Waals surface area contributed by atoms with E-state index in [-0.39, 0.29) is 17.8 Å². The molecule has 1 aliphatic carbocycles. The Morgan fingerprint density at radius 1 is 1.19 bits per heavy atom. The smallest absolute Gasteiger partial charge is 0.407 e. The summed E-state index contributed by atoms with van der Waals surface area (Å²) in [5, 5.41) is 21.2. The summed E-state index contributed by atoms with van der Waals surface area (Å²) in [6, 6.07) is 9.09. The molecule has 5 rings (SSSR count). The lowest BCUT2D eigenvalue weighted by atomic mass is 9.86. The standard InChI is InChI=1S/C32H39N7O4/c1-7-19-11-23(40)8-9-26(19)38-30(33)25-16-35-39-17-20(24-15-34-28(42-6)10-18(24)2)12-27(39)29(25)36-21-13-22(14-21)37-31(41)43-32(3,4)5/h8-12,15-17,21-22,36,40H,7,13-14H2,1-6H3,(H2,33,38)(H,37,41)/t21-,22+. The molecule has 1 amide bonds. The maximum atomic E-state index is 12.3. The third kappa shape index (κ3) is 6.66. The second-order valence-electron chi connectivity index (χ2n) is 11.9. The third-order valence-electron chi connectivity index (χ3n) is 7.41. The molecule has 5 N–H and O–H groups in total. The van der Waals surface area contributed by atoms with Crippen molar-refractivity contribution >= 4 is 28.8 Å². The molecule has 0 atom stereocenters. The number of carbonyl (C=O) groups excluding carboxylic acids is 1. The number of anilines is 1. The fourth-order valence-corrected chi connectivity index (χ4v) is 5.18. The highest BCUT2D eigenvalue weighted by atomic mass is 16.6. The van der Waals surface area contributed by atoms with Crippen LogP contribution in [0.2, 0.25) is 0 Å². The van der Waals surface area contributed by atoms with E-state index < -0.39 is 11.7 Å². The largest absolute Gasteiger partial charge is 0.508 e. The van der Waals surface area contributed by atoms with Crippen molar-refractivity contribution in [2.45, 2.75) is 71.6 Å². The fraction of sp³-hybridized carbons (Fsp3) is 0.375. The molecule has 0 bridgehead atoms. The predicted molar refractivity (Wildman–Crippen MR) is 167 cm³/mol. The van der Waals surface area contributed by atoms with Crippen molar-refractivity contribution in [2.75, 3.05) is 12.4 Å². The Morgan fingerprint density at radius 3 is 2.63 bits per heavy atom. The zero-order valence-corrected chi connectivity index (χ0v) is 25.4. The van der Waals surface area contributed by atoms with E-state index in [0.717, 1.165) is 46.3 Å². The number of phenolic OH excluding ortho intramolecular Hbond substituents is 1. The van der Waals surface area contributed by atoms with Crippen LogP contribution in [0, 0.1) is 6.92 Å². The molecule has 4 aromatic rings. The average molecular weight is 586 g/mol. The first-order chi connectivity index (χ1) is 20.4. The summed E-state index contributed by atoms with van der Waals surface area (Å²) in [4.78, 5) is 21.4. The van der Waals surface area contributed by atoms with Crippen molar-refractivity contribution in [3.63, 3.8) is 0 Å². The molecule has 0 aliphatic heterocycles. The van der Waals surface area contributed by atoms with Crippen LogP contribution in [-0.2, 0) is 11.2 Å². The number of phenols is 1. The molecule has 1 aliphatic rings. The van der Waals surface area contributed by atoms with Gasteiger partial charge in [-0.1, -0.05) is 6.92 Å². The first-order valence-electron chi connectivity index (χ1n) is 14.4. The van der Waals surface area contributed by atoms with Crippen LogP contribution in [0.5, 0.6) is 11.6 Å². The molecular weight excluding hydrogens is 546 g/mol. The van der Waals surface area contributed by atoms with Crippen molar-refractivity contribution in [2.24, 2.45) is 10.7 Å². The van der Waals surface area contributed by atoms with Gasteiger partial charge in [0.1, 0.15) is 17.2 Å². The van der Waals surface area contributed by atoms with Crippen molar-refractivity contribution in [1.82, 2.24) is 19.9 Å². The van der Waals surface area contributed by atoms with Gasteiger partial charge in [-0.15, -0.1) is 0 Å². The predicted octanol–water partition coefficient (Wildman–Crippen LogP) is 5.49. The van der Waals surface area contributed by atoms with Crippen molar-refractivity contribution in [3.8, 4) is 22.8 Å². The van der Waals surface area contributed by atoms with Crippen LogP contribution in [0.3, 0.4) is 0 Å². The molecule has 3 aromatic heterocycles. The zero-order valence-electron chi connectivity index (χ0n) is 25.4. The number of aromatic hydroxyl groups is 1. The van der Waals surface area contributed by atoms with Gasteiger partial charge in [0, 0.05) is 41.7 Å². The highest BCUT2D eigenvalue weighted by Crippen LogP contribution is 2.34. The number of amides is 1. The quantitative estimate of drug-likeness (QED) is 0.157. The number of hydrogen-bond acceptors (Lipinski definition) is 8. The minimum absolute atomic E-state index is 0.000787. The van der Waals surface area contributed by atoms with E-state index in [2.05, 4.69) is 26.8 Å². The molecule has 1 fully saturated rings. The Hall–Kier alpha value is -4.80. The van der Waals surface area contributed by atoms with Crippen LogP contribution in [0.25, 0.3) is 16.6 Å². The first kappa shape index (κ1) is 29.7. The normalized spacial score (nSPS) is 16.9. The number of pyridine rings is 1. The summed E-state index contributed by atoms with van der Waals surface area (Å²) < 4.78 is 12.5. The number of ether oxygens (including phenoxy) is 2. The van der Waals surface area contributed by atoms with E-state index in [1.54, 1.807) is 37.7 Å². The Bertz CT molecular complexity index is 1680. The number of alkyl carbamates (subject to hydrolysis) is 1. The van der Waals surface area contributed by atoms with Crippen molar-refractivity contribution < 1.29 is 19.4 Å². The van der Waals surface area contributed by atoms with Crippen LogP contribution in [0.1, 0.15) is 57.2 Å². The molecule has 0 saturated heterocycles. The van der Waals surface area contributed by atoms with Gasteiger partial charge in [0.25, 0.3) is 0 Å². The van der Waals surface area contributed by atoms with Crippen LogP contribution < -0.4 is 21.1 Å². The van der Waals surface area contributed by atoms with Crippen LogP contribution in [0.15, 0.2) is 53.9 Å². The van der Waals surface area contributed by atoms with Gasteiger partial charge in [-0.25, -0.2) is 19.3 Å². The zero-order chi connectivity index (χ0) is 30.9. The van der Waals surface area contributed by atoms with Crippen molar-refractivity contribution in [3.05, 3.63) is 65.6 Å². The monoisotopic (exact) mass is 585 g/mol. The maximum absolute atomic E-state index is 12.3. The number of aromatic nitrogens is 3. The van der Waals surface area contributed by atoms with Crippen LogP contribution in [0.4, 0.5) is 16.2 Å². The number of benzene rings is 1. The summed E-state index contributed by atoms with van der Waals surface area (Å²) >= 11 is 0. The SMILES string of the molecule is CCc1cc(O)ccc1/N=C(\N)c1cnn2cc(-c3cnc(OC)cc3C)cc2c1N[C@H]1C[C@@H](NC(=O)OC(C)(C)C)C1. The van der Waals surface area contributed by atoms with Crippen LogP contribution in [-0.4, -0.2) is 56.4 Å². The lowest BCUT2D eigenvalue weighted by molar-refractivity contribution is 0.0475. The average Bonchev–Trinajstić information content (AvgIpc) is 3.36. The summed E-state index contributed by atoms with van der Waals surface area (Å²) in [7, 11) is 1.60. The lowest BCUT2D eigenvalue weighted by Gasteiger charge is -2.37. The topological polar surface area (TPSA) is 148 Å². The van der Waals surface area contributed by atoms with Crippen LogP contribution >= 0.6 is 0 Å². The van der Waals surface area contributed by atoms with Gasteiger partial charge in [-0.2, -0.15) is 5.10 Å². The number of amidine groups is 1. The summed E-state index contributed by atoms with van der Waals surface area (Å²) in [6.45, 7) is 9.55. The number of nitrogens with zero attached hydrogens (tertiary/aromatic N) is 4. The number of carbonyl (C=O) groups is 1. The molecule has 43 heavy (non-hydrogen) atoms. The Balaban J connectivity index is 1.49. The summed E-state index contributed by atoms with van der Waals surface area (Å²) in [5.74, 6) is 1.03. The second kappa shape index (κ2) is 11.8. The highest BCUT2D eigenvalue weighted by Gasteiger charge is 2.33. The maximum Gasteiger partial charge on any atom is 0.407 e. The van der Waals surface area contributed by atoms with E-state index in [9.17, 15) is 9.90 Å². The third-order valence-corrected chi connectivity index (χ3v) is 7.41. The van der Waals surface area contributed by atoms with E-state index in [0.29, 0.717) is 29.4 Å². The lowest BCUT2D eigenvalue weighted by Crippen LogP contribution is -2.51. The number of aryl methyl sites for hydroxylation is 2. The summed E-state index contributed by atoms with van der Waals surface area (Å²) in [6.07, 6.45) is 7.17. The molecule has 226 valence electrons. The Morgan fingerprint density at radius 2 is 1.95 bits per heavy atom. The fourth-order valence-electron chi connectivity index (χ4n) is 5.18. The van der Waals surface area contributed by atoms with E-state index >= 15 is 0 Å². The molecule has 1 saturated carbocycles. The number of rotatable bonds is 8. The minimum Gasteiger partial charge on any atom is -0.508 e. The van der Waals surface area contributed by atoms with E-state index in [1.165, 1.54) is 0 Å². The molecule has 0 spiro atoms.